The van der Waals surface area contributed by atoms with Crippen LogP contribution in [0.2, 0.25) is 5.02 Å². The lowest BCUT2D eigenvalue weighted by atomic mass is 10.3. The second-order valence-corrected chi connectivity index (χ2v) is 6.06. The maximum Gasteiger partial charge on any atom is 0.182 e. The molecule has 0 N–H and O–H groups in total. The lowest BCUT2D eigenvalue weighted by molar-refractivity contribution is 0.576. The van der Waals surface area contributed by atoms with Crippen LogP contribution in [0.25, 0.3) is 0 Å². The zero-order valence-electron chi connectivity index (χ0n) is 8.85. The largest absolute Gasteiger partial charge is 0.223 e. The van der Waals surface area contributed by atoms with Crippen LogP contribution in [0.5, 0.6) is 0 Å². The molecule has 1 aromatic rings. The smallest absolute Gasteiger partial charge is 0.182 e. The first-order valence-corrected chi connectivity index (χ1v) is 6.81. The maximum absolute atomic E-state index is 12.1. The lowest BCUT2D eigenvalue weighted by Gasteiger charge is -2.12. The van der Waals surface area contributed by atoms with Crippen molar-refractivity contribution in [2.75, 3.05) is 0 Å². The summed E-state index contributed by atoms with van der Waals surface area (Å²) in [5.74, 6) is 0. The zero-order chi connectivity index (χ0) is 12.2. The molecular weight excluding hydrogens is 246 g/mol. The van der Waals surface area contributed by atoms with Crippen LogP contribution >= 0.6 is 11.6 Å². The second kappa shape index (κ2) is 5.33. The highest BCUT2D eigenvalue weighted by Crippen LogP contribution is 2.22. The highest BCUT2D eigenvalue weighted by Gasteiger charge is 2.25. The molecule has 1 unspecified atom stereocenters. The number of halogens is 1. The topological polar surface area (TPSA) is 57.9 Å². The first-order chi connectivity index (χ1) is 7.52. The third kappa shape index (κ3) is 2.75. The minimum absolute atomic E-state index is 0.0153. The Labute approximate surface area is 101 Å². The summed E-state index contributed by atoms with van der Waals surface area (Å²) in [4.78, 5) is 0.221. The molecule has 0 bridgehead atoms. The molecule has 0 saturated heterocycles. The summed E-state index contributed by atoms with van der Waals surface area (Å²) in [5.41, 5.74) is 0. The van der Waals surface area contributed by atoms with E-state index in [1.165, 1.54) is 24.3 Å². The molecule has 0 aliphatic rings. The highest BCUT2D eigenvalue weighted by molar-refractivity contribution is 7.92. The van der Waals surface area contributed by atoms with E-state index in [4.69, 9.17) is 16.9 Å². The molecule has 0 heterocycles. The van der Waals surface area contributed by atoms with E-state index in [1.807, 2.05) is 6.07 Å². The van der Waals surface area contributed by atoms with Crippen LogP contribution in [0.3, 0.4) is 0 Å². The van der Waals surface area contributed by atoms with Crippen LogP contribution in [-0.4, -0.2) is 13.7 Å². The Bertz CT molecular complexity index is 488. The van der Waals surface area contributed by atoms with Crippen LogP contribution in [0, 0.1) is 11.3 Å². The Morgan fingerprint density at radius 1 is 1.38 bits per heavy atom. The summed E-state index contributed by atoms with van der Waals surface area (Å²) < 4.78 is 24.1. The van der Waals surface area contributed by atoms with Gasteiger partial charge >= 0.3 is 0 Å². The van der Waals surface area contributed by atoms with Gasteiger partial charge in [-0.05, 0) is 30.7 Å². The number of rotatable bonds is 4. The number of nitrogens with zero attached hydrogens (tertiary/aromatic N) is 1. The van der Waals surface area contributed by atoms with E-state index in [-0.39, 0.29) is 11.3 Å². The van der Waals surface area contributed by atoms with Gasteiger partial charge in [-0.2, -0.15) is 5.26 Å². The van der Waals surface area contributed by atoms with E-state index in [9.17, 15) is 8.42 Å². The summed E-state index contributed by atoms with van der Waals surface area (Å²) in [7, 11) is -3.41. The second-order valence-electron chi connectivity index (χ2n) is 3.39. The summed E-state index contributed by atoms with van der Waals surface area (Å²) in [5, 5.41) is 8.44. The van der Waals surface area contributed by atoms with Gasteiger partial charge < -0.3 is 0 Å². The summed E-state index contributed by atoms with van der Waals surface area (Å²) in [6, 6.07) is 7.91. The number of sulfone groups is 1. The predicted octanol–water partition coefficient (Wildman–Crippen LogP) is 2.81. The van der Waals surface area contributed by atoms with Gasteiger partial charge in [0.15, 0.2) is 9.84 Å². The van der Waals surface area contributed by atoms with Crippen molar-refractivity contribution in [3.8, 4) is 6.07 Å². The standard InChI is InChI=1S/C11H12ClNO2S/c1-2-10(7-8-13)16(14,15)11-5-3-9(12)4-6-11/h3-6,10H,2,7H2,1H3. The summed E-state index contributed by atoms with van der Waals surface area (Å²) >= 11 is 5.69. The fraction of sp³-hybridized carbons (Fsp3) is 0.364. The summed E-state index contributed by atoms with van der Waals surface area (Å²) in [6.07, 6.45) is 0.444. The third-order valence-electron chi connectivity index (χ3n) is 2.36. The van der Waals surface area contributed by atoms with Crippen LogP contribution in [0.15, 0.2) is 29.2 Å². The fourth-order valence-corrected chi connectivity index (χ4v) is 3.15. The summed E-state index contributed by atoms with van der Waals surface area (Å²) in [6.45, 7) is 1.76. The molecule has 0 aromatic heterocycles. The fourth-order valence-electron chi connectivity index (χ4n) is 1.39. The van der Waals surface area contributed by atoms with Crippen LogP contribution in [0.4, 0.5) is 0 Å². The predicted molar refractivity (Wildman–Crippen MR) is 62.9 cm³/mol. The van der Waals surface area contributed by atoms with E-state index in [0.29, 0.717) is 11.4 Å². The third-order valence-corrected chi connectivity index (χ3v) is 4.91. The Kier molecular flexibility index (Phi) is 4.34. The Hall–Kier alpha value is -1.05. The number of nitriles is 1. The minimum atomic E-state index is -3.41. The van der Waals surface area contributed by atoms with Gasteiger partial charge in [-0.25, -0.2) is 8.42 Å². The highest BCUT2D eigenvalue weighted by atomic mass is 35.5. The van der Waals surface area contributed by atoms with E-state index >= 15 is 0 Å². The van der Waals surface area contributed by atoms with Crippen molar-refractivity contribution < 1.29 is 8.42 Å². The monoisotopic (exact) mass is 257 g/mol. The van der Waals surface area contributed by atoms with Gasteiger partial charge in [0.05, 0.1) is 22.6 Å². The number of benzene rings is 1. The maximum atomic E-state index is 12.1. The molecule has 3 nitrogen and oxygen atoms in total. The van der Waals surface area contributed by atoms with Crippen molar-refractivity contribution in [3.63, 3.8) is 0 Å². The minimum Gasteiger partial charge on any atom is -0.223 e. The van der Waals surface area contributed by atoms with Gasteiger partial charge in [-0.3, -0.25) is 0 Å². The van der Waals surface area contributed by atoms with Gasteiger partial charge in [-0.1, -0.05) is 18.5 Å². The quantitative estimate of drug-likeness (QED) is 0.833. The van der Waals surface area contributed by atoms with E-state index in [2.05, 4.69) is 0 Å². The molecule has 0 amide bonds. The van der Waals surface area contributed by atoms with Crippen molar-refractivity contribution >= 4 is 21.4 Å². The molecular formula is C11H12ClNO2S. The van der Waals surface area contributed by atoms with Gasteiger partial charge in [0, 0.05) is 5.02 Å². The average Bonchev–Trinajstić information content (AvgIpc) is 2.26. The Balaban J connectivity index is 3.10. The molecule has 0 aliphatic heterocycles. The van der Waals surface area contributed by atoms with Crippen molar-refractivity contribution in [1.29, 1.82) is 5.26 Å². The molecule has 0 spiro atoms. The van der Waals surface area contributed by atoms with Crippen molar-refractivity contribution in [2.45, 2.75) is 29.9 Å². The molecule has 0 radical (unpaired) electrons. The number of hydrogen-bond donors (Lipinski definition) is 0. The molecule has 1 aromatic carbocycles. The molecule has 86 valence electrons. The van der Waals surface area contributed by atoms with Crippen LogP contribution in [0.1, 0.15) is 19.8 Å². The molecule has 0 aliphatic carbocycles. The van der Waals surface area contributed by atoms with Gasteiger partial charge in [0.25, 0.3) is 0 Å². The molecule has 1 rings (SSSR count). The van der Waals surface area contributed by atoms with Gasteiger partial charge in [-0.15, -0.1) is 0 Å². The van der Waals surface area contributed by atoms with E-state index < -0.39 is 15.1 Å². The first-order valence-electron chi connectivity index (χ1n) is 4.88. The van der Waals surface area contributed by atoms with Crippen molar-refractivity contribution in [2.24, 2.45) is 0 Å². The van der Waals surface area contributed by atoms with Gasteiger partial charge in [0.1, 0.15) is 0 Å². The molecule has 16 heavy (non-hydrogen) atoms. The molecule has 5 heteroatoms. The van der Waals surface area contributed by atoms with E-state index in [0.717, 1.165) is 0 Å². The molecule has 1 atom stereocenters. The van der Waals surface area contributed by atoms with Crippen LogP contribution < -0.4 is 0 Å². The SMILES string of the molecule is CCC(CC#N)S(=O)(=O)c1ccc(Cl)cc1. The normalized spacial score (nSPS) is 13.1. The lowest BCUT2D eigenvalue weighted by Crippen LogP contribution is -2.20. The van der Waals surface area contributed by atoms with Crippen molar-refractivity contribution in [3.05, 3.63) is 29.3 Å². The molecule has 0 saturated carbocycles. The van der Waals surface area contributed by atoms with Crippen molar-refractivity contribution in [1.82, 2.24) is 0 Å². The first kappa shape index (κ1) is 13.0. The average molecular weight is 258 g/mol. The Morgan fingerprint density at radius 2 is 1.94 bits per heavy atom. The van der Waals surface area contributed by atoms with Crippen LogP contribution in [-0.2, 0) is 9.84 Å². The Morgan fingerprint density at radius 3 is 2.38 bits per heavy atom. The molecule has 0 fully saturated rings. The van der Waals surface area contributed by atoms with E-state index in [1.54, 1.807) is 6.92 Å². The number of hydrogen-bond acceptors (Lipinski definition) is 3. The zero-order valence-corrected chi connectivity index (χ0v) is 10.4. The van der Waals surface area contributed by atoms with Gasteiger partial charge in [0.2, 0.25) is 0 Å².